The molecule has 1 N–H and O–H groups in total. The van der Waals surface area contributed by atoms with Crippen LogP contribution in [0.5, 0.6) is 6.01 Å². The van der Waals surface area contributed by atoms with Crippen molar-refractivity contribution in [2.45, 2.75) is 43.0 Å². The van der Waals surface area contributed by atoms with E-state index < -0.39 is 0 Å². The molecule has 3 aromatic rings. The fraction of sp³-hybridized carbons (Fsp3) is 0.409. The number of aromatic nitrogens is 3. The van der Waals surface area contributed by atoms with Gasteiger partial charge in [0.2, 0.25) is 0 Å². The van der Waals surface area contributed by atoms with E-state index in [2.05, 4.69) is 21.0 Å². The Balaban J connectivity index is 1.28. The third kappa shape index (κ3) is 2.87. The molecule has 3 fully saturated rings. The number of imidazole rings is 1. The van der Waals surface area contributed by atoms with Crippen LogP contribution in [0.25, 0.3) is 22.4 Å². The molecule has 30 heavy (non-hydrogen) atoms. The van der Waals surface area contributed by atoms with Crippen molar-refractivity contribution >= 4 is 22.8 Å². The number of hydrogen-bond donors (Lipinski definition) is 1. The number of pyridine rings is 1. The molecule has 0 amide bonds. The molecule has 3 aliphatic rings. The Hall–Kier alpha value is -2.66. The number of hydrogen-bond acceptors (Lipinski definition) is 6. The van der Waals surface area contributed by atoms with Gasteiger partial charge in [0, 0.05) is 12.2 Å². The van der Waals surface area contributed by atoms with Crippen LogP contribution in [0.1, 0.15) is 24.8 Å². The van der Waals surface area contributed by atoms with Crippen LogP contribution in [-0.2, 0) is 14.9 Å². The van der Waals surface area contributed by atoms with Crippen molar-refractivity contribution in [3.63, 3.8) is 0 Å². The van der Waals surface area contributed by atoms with Crippen LogP contribution in [0, 0.1) is 11.3 Å². The lowest BCUT2D eigenvalue weighted by atomic mass is 9.96. The average Bonchev–Trinajstić information content (AvgIpc) is 3.06. The van der Waals surface area contributed by atoms with Gasteiger partial charge in [0.25, 0.3) is 6.01 Å². The fourth-order valence-corrected chi connectivity index (χ4v) is 4.63. The van der Waals surface area contributed by atoms with Crippen LogP contribution >= 0.6 is 11.6 Å². The van der Waals surface area contributed by atoms with Gasteiger partial charge in [-0.25, -0.2) is 4.98 Å². The molecule has 1 aromatic carbocycles. The predicted molar refractivity (Wildman–Crippen MR) is 109 cm³/mol. The molecule has 1 saturated carbocycles. The first kappa shape index (κ1) is 18.1. The number of benzene rings is 1. The maximum absolute atomic E-state index is 9.39. The topological polar surface area (TPSA) is 93.1 Å². The lowest BCUT2D eigenvalue weighted by Gasteiger charge is -2.15. The van der Waals surface area contributed by atoms with Gasteiger partial charge >= 0.3 is 0 Å². The molecule has 2 saturated heterocycles. The fourth-order valence-electron chi connectivity index (χ4n) is 4.37. The van der Waals surface area contributed by atoms with Gasteiger partial charge in [-0.15, -0.1) is 0 Å². The molecule has 1 aliphatic carbocycles. The molecule has 3 atom stereocenters. The summed E-state index contributed by atoms with van der Waals surface area (Å²) >= 11 is 6.52. The van der Waals surface area contributed by atoms with Crippen molar-refractivity contribution in [3.8, 4) is 23.3 Å². The zero-order valence-electron chi connectivity index (χ0n) is 16.1. The summed E-state index contributed by atoms with van der Waals surface area (Å²) in [6.07, 6.45) is 2.62. The largest absolute Gasteiger partial charge is 0.456 e. The van der Waals surface area contributed by atoms with Gasteiger partial charge in [0.15, 0.2) is 11.8 Å². The number of H-pyrrole nitrogens is 1. The first-order valence-electron chi connectivity index (χ1n) is 10.1. The van der Waals surface area contributed by atoms with Crippen LogP contribution in [0.4, 0.5) is 0 Å². The van der Waals surface area contributed by atoms with E-state index in [4.69, 9.17) is 25.8 Å². The second-order valence-electron chi connectivity index (χ2n) is 8.16. The standard InChI is InChI=1S/C22H19ClN4O3/c23-14-9-15-20(27-21(25-15)30-17-10-29-16-5-8-28-19(16)17)26-18(14)12-1-3-13(4-2-12)22(11-24)6-7-22/h1-4,9,16-17,19H,5-8,10H2,(H,25,26,27)/t16-,17-,19+/m1/s1. The molecular formula is C22H19ClN4O3. The van der Waals surface area contributed by atoms with E-state index in [9.17, 15) is 5.26 Å². The first-order valence-corrected chi connectivity index (χ1v) is 10.5. The Morgan fingerprint density at radius 3 is 2.80 bits per heavy atom. The highest BCUT2D eigenvalue weighted by Gasteiger charge is 2.45. The maximum atomic E-state index is 9.39. The number of nitrogens with one attached hydrogen (secondary N) is 1. The summed E-state index contributed by atoms with van der Waals surface area (Å²) in [5.41, 5.74) is 3.52. The molecule has 2 aromatic heterocycles. The Kier molecular flexibility index (Phi) is 4.03. The second kappa shape index (κ2) is 6.67. The van der Waals surface area contributed by atoms with E-state index in [1.165, 1.54) is 0 Å². The summed E-state index contributed by atoms with van der Waals surface area (Å²) in [6.45, 7) is 1.19. The maximum Gasteiger partial charge on any atom is 0.296 e. The summed E-state index contributed by atoms with van der Waals surface area (Å²) in [5, 5.41) is 9.91. The van der Waals surface area contributed by atoms with Gasteiger partial charge in [0.05, 0.1) is 40.4 Å². The summed E-state index contributed by atoms with van der Waals surface area (Å²) in [5.74, 6) is 0. The molecular weight excluding hydrogens is 404 g/mol. The van der Waals surface area contributed by atoms with Crippen LogP contribution in [0.15, 0.2) is 30.3 Å². The van der Waals surface area contributed by atoms with Gasteiger partial charge in [-0.3, -0.25) is 0 Å². The third-order valence-electron chi connectivity index (χ3n) is 6.26. The summed E-state index contributed by atoms with van der Waals surface area (Å²) in [7, 11) is 0. The third-order valence-corrected chi connectivity index (χ3v) is 6.55. The number of nitrogens with zero attached hydrogens (tertiary/aromatic N) is 3. The smallest absolute Gasteiger partial charge is 0.296 e. The predicted octanol–water partition coefficient (Wildman–Crippen LogP) is 3.77. The molecule has 8 heteroatoms. The minimum absolute atomic E-state index is 0.0491. The Bertz CT molecular complexity index is 1170. The van der Waals surface area contributed by atoms with Crippen molar-refractivity contribution in [2.24, 2.45) is 0 Å². The molecule has 0 unspecified atom stereocenters. The highest BCUT2D eigenvalue weighted by atomic mass is 35.5. The molecule has 152 valence electrons. The lowest BCUT2D eigenvalue weighted by Crippen LogP contribution is -2.32. The van der Waals surface area contributed by atoms with Gasteiger partial charge in [-0.05, 0) is 30.9 Å². The molecule has 2 aliphatic heterocycles. The lowest BCUT2D eigenvalue weighted by molar-refractivity contribution is 0.0273. The van der Waals surface area contributed by atoms with E-state index in [0.29, 0.717) is 41.1 Å². The van der Waals surface area contributed by atoms with Gasteiger partial charge in [0.1, 0.15) is 6.10 Å². The molecule has 0 radical (unpaired) electrons. The van der Waals surface area contributed by atoms with Gasteiger partial charge < -0.3 is 19.2 Å². The molecule has 0 spiro atoms. The van der Waals surface area contributed by atoms with E-state index in [1.54, 1.807) is 0 Å². The van der Waals surface area contributed by atoms with Crippen LogP contribution in [-0.4, -0.2) is 46.5 Å². The monoisotopic (exact) mass is 422 g/mol. The first-order chi connectivity index (χ1) is 14.6. The van der Waals surface area contributed by atoms with Crippen molar-refractivity contribution in [2.75, 3.05) is 13.2 Å². The molecule has 4 heterocycles. The number of halogens is 1. The summed E-state index contributed by atoms with van der Waals surface area (Å²) in [4.78, 5) is 12.3. The number of fused-ring (bicyclic) bond motifs is 2. The van der Waals surface area contributed by atoms with E-state index in [-0.39, 0.29) is 23.7 Å². The van der Waals surface area contributed by atoms with Crippen molar-refractivity contribution in [1.29, 1.82) is 5.26 Å². The van der Waals surface area contributed by atoms with Crippen LogP contribution < -0.4 is 4.74 Å². The van der Waals surface area contributed by atoms with Crippen molar-refractivity contribution in [3.05, 3.63) is 40.9 Å². The Labute approximate surface area is 177 Å². The quantitative estimate of drug-likeness (QED) is 0.688. The summed E-state index contributed by atoms with van der Waals surface area (Å²) in [6, 6.07) is 12.5. The number of rotatable bonds is 4. The molecule has 6 rings (SSSR count). The normalized spacial score (nSPS) is 26.5. The number of aromatic amines is 1. The zero-order valence-corrected chi connectivity index (χ0v) is 16.9. The van der Waals surface area contributed by atoms with Gasteiger partial charge in [-0.1, -0.05) is 35.9 Å². The minimum Gasteiger partial charge on any atom is -0.456 e. The minimum atomic E-state index is -0.305. The number of nitriles is 1. The van der Waals surface area contributed by atoms with E-state index in [1.807, 2.05) is 30.3 Å². The zero-order chi connectivity index (χ0) is 20.3. The molecule has 0 bridgehead atoms. The second-order valence-corrected chi connectivity index (χ2v) is 8.56. The van der Waals surface area contributed by atoms with Crippen LogP contribution in [0.2, 0.25) is 5.02 Å². The Morgan fingerprint density at radius 1 is 1.20 bits per heavy atom. The van der Waals surface area contributed by atoms with Gasteiger partial charge in [-0.2, -0.15) is 10.2 Å². The number of ether oxygens (including phenoxy) is 3. The summed E-state index contributed by atoms with van der Waals surface area (Å²) < 4.78 is 17.5. The van der Waals surface area contributed by atoms with E-state index >= 15 is 0 Å². The van der Waals surface area contributed by atoms with Crippen LogP contribution in [0.3, 0.4) is 0 Å². The van der Waals surface area contributed by atoms with E-state index in [0.717, 1.165) is 30.4 Å². The van der Waals surface area contributed by atoms with Crippen molar-refractivity contribution < 1.29 is 14.2 Å². The highest BCUT2D eigenvalue weighted by molar-refractivity contribution is 6.33. The highest BCUT2D eigenvalue weighted by Crippen LogP contribution is 2.47. The Morgan fingerprint density at radius 2 is 2.03 bits per heavy atom. The van der Waals surface area contributed by atoms with Crippen molar-refractivity contribution in [1.82, 2.24) is 15.0 Å². The average molecular weight is 423 g/mol. The molecule has 7 nitrogen and oxygen atoms in total. The SMILES string of the molecule is N#CC1(c2ccc(-c3nc4nc(O[C@@H]5CO[C@@H]6CCO[C@@H]65)[nH]c4cc3Cl)cc2)CC1.